The Bertz CT molecular complexity index is 2040. The predicted molar refractivity (Wildman–Crippen MR) is 300 cm³/mol. The van der Waals surface area contributed by atoms with Crippen LogP contribution in [0.4, 0.5) is 0 Å². The predicted octanol–water partition coefficient (Wildman–Crippen LogP) is -15.8. The Balaban J connectivity index is -0.000000665. The molecule has 36 N–H and O–H groups in total. The smallest absolute Gasteiger partial charge is 0.544 e. The van der Waals surface area contributed by atoms with E-state index in [1.807, 2.05) is 0 Å². The van der Waals surface area contributed by atoms with E-state index in [0.717, 1.165) is 116 Å². The van der Waals surface area contributed by atoms with Crippen LogP contribution < -0.4 is 15.3 Å². The van der Waals surface area contributed by atoms with Gasteiger partial charge in [-0.05, 0) is 19.3 Å². The summed E-state index contributed by atoms with van der Waals surface area (Å²) in [5.74, 6) is -98.2. The summed E-state index contributed by atoms with van der Waals surface area (Å²) in [6.07, 6.45) is 17.1. The summed E-state index contributed by atoms with van der Waals surface area (Å²) in [6, 6.07) is 0. The normalized spacial score (nSPS) is 14.5. The zero-order chi connectivity index (χ0) is 76.9. The van der Waals surface area contributed by atoms with Gasteiger partial charge in [0.15, 0.2) is 0 Å². The quantitative estimate of drug-likeness (QED) is 0.0199. The molecule has 43 heteroatoms. The maximum atomic E-state index is 10.6. The van der Waals surface area contributed by atoms with E-state index in [1.54, 1.807) is 0 Å². The number of carboxylic acid groups (broad SMARTS) is 3. The fourth-order valence-electron chi connectivity index (χ4n) is 9.02. The van der Waals surface area contributed by atoms with Crippen molar-refractivity contribution in [1.29, 1.82) is 0 Å². The van der Waals surface area contributed by atoms with Crippen LogP contribution in [0.25, 0.3) is 0 Å². The minimum Gasteiger partial charge on any atom is -0.544 e. The largest absolute Gasteiger partial charge is 3.00 e. The Morgan fingerprint density at radius 2 is 0.309 bits per heavy atom. The minimum atomic E-state index is -5.33. The fraction of sp³-hybridized carbons (Fsp3) is 0.944. The summed E-state index contributed by atoms with van der Waals surface area (Å²) in [5.41, 5.74) is 0. The second-order valence-corrected chi connectivity index (χ2v) is 24.1. The van der Waals surface area contributed by atoms with Crippen LogP contribution in [0.5, 0.6) is 0 Å². The molecule has 0 aromatic carbocycles. The van der Waals surface area contributed by atoms with E-state index in [1.165, 1.54) is 0 Å². The number of carboxylic acids is 3. The molecule has 0 amide bonds. The molecule has 42 nitrogen and oxygen atoms in total. The summed E-state index contributed by atoms with van der Waals surface area (Å²) >= 11 is 0. The molecule has 0 saturated heterocycles. The third-order valence-electron chi connectivity index (χ3n) is 16.2. The van der Waals surface area contributed by atoms with Crippen LogP contribution >= 0.6 is 0 Å². The van der Waals surface area contributed by atoms with Crippen molar-refractivity contribution in [2.75, 3.05) is 0 Å². The zero-order valence-electron chi connectivity index (χ0n) is 53.8. The number of aliphatic carboxylic acids is 3. The molecule has 1 radical (unpaired) electrons. The minimum absolute atomic E-state index is 0. The van der Waals surface area contributed by atoms with Crippen LogP contribution in [0.2, 0.25) is 0 Å². The molecule has 0 heterocycles. The van der Waals surface area contributed by atoms with E-state index in [2.05, 4.69) is 20.8 Å². The van der Waals surface area contributed by atoms with Crippen LogP contribution in [0.3, 0.4) is 0 Å². The summed E-state index contributed by atoms with van der Waals surface area (Å²) in [4.78, 5) is 31.9. The van der Waals surface area contributed by atoms with E-state index in [4.69, 9.17) is 30.6 Å². The van der Waals surface area contributed by atoms with Crippen LogP contribution in [-0.4, -0.2) is 306 Å². The first-order valence-corrected chi connectivity index (χ1v) is 30.5. The molecule has 0 unspecified atom stereocenters. The first kappa shape index (κ1) is 102. The van der Waals surface area contributed by atoms with Gasteiger partial charge in [-0.2, -0.15) is 0 Å². The third-order valence-corrected chi connectivity index (χ3v) is 16.2. The first-order valence-electron chi connectivity index (χ1n) is 30.5. The number of hydrogen-bond acceptors (Lipinski definition) is 42. The van der Waals surface area contributed by atoms with Crippen molar-refractivity contribution in [3.63, 3.8) is 0 Å². The number of unbranched alkanes of at least 4 members (excludes halogenated alkanes) is 24. The molecule has 0 atom stereocenters. The van der Waals surface area contributed by atoms with Gasteiger partial charge in [0.05, 0.1) is 0 Å². The van der Waals surface area contributed by atoms with Gasteiger partial charge in [0.2, 0.25) is 17.4 Å². The van der Waals surface area contributed by atoms with E-state index < -0.39 is 141 Å². The monoisotopic (exact) mass is 1570 g/mol. The molecule has 97 heavy (non-hydrogen) atoms. The van der Waals surface area contributed by atoms with Crippen molar-refractivity contribution >= 4 is 17.9 Å². The molecule has 0 aliphatic rings. The Labute approximate surface area is 587 Å². The number of carbonyl (C=O) groups is 3. The number of hydrogen-bond donors (Lipinski definition) is 36. The average molecular weight is 1570 g/mol. The summed E-state index contributed by atoms with van der Waals surface area (Å²) < 4.78 is 0. The Morgan fingerprint density at radius 1 is 0.196 bits per heavy atom. The van der Waals surface area contributed by atoms with Crippen molar-refractivity contribution in [2.45, 2.75) is 318 Å². The van der Waals surface area contributed by atoms with Crippen molar-refractivity contribution in [1.82, 2.24) is 0 Å². The molecule has 0 spiro atoms. The van der Waals surface area contributed by atoms with E-state index in [0.29, 0.717) is 38.5 Å². The van der Waals surface area contributed by atoms with Gasteiger partial charge in [-0.3, -0.25) is 0 Å². The van der Waals surface area contributed by atoms with Gasteiger partial charge in [0.25, 0.3) is 86.8 Å². The Morgan fingerprint density at radius 3 is 0.433 bits per heavy atom. The van der Waals surface area contributed by atoms with Gasteiger partial charge in [-0.1, -0.05) is 175 Å². The molecule has 0 aromatic heterocycles. The molecular formula is C54H105CeO42. The fourth-order valence-corrected chi connectivity index (χ4v) is 9.02. The second-order valence-electron chi connectivity index (χ2n) is 24.1. The molecule has 0 aliphatic carbocycles. The number of rotatable bonds is 48. The Kier molecular flexibility index (Phi) is 40.8. The molecular weight excluding hydrogens is 1460 g/mol. The van der Waals surface area contributed by atoms with Crippen LogP contribution in [0, 0.1) is 41.7 Å². The Hall–Kier alpha value is -1.65. The maximum absolute atomic E-state index is 10.6. The standard InChI is InChI=1S/3C18H36O14.Ce/c3*1-2-3-4-5-6-7-8-9-10-11-13(21,22)15(25,26)17(29,30)18(31,32)16(27,28)14(23,24)12(19)20;/h3*21-32H,2-11H2,1H3,(H,19,20);/q;;;+3/p-3. The number of aliphatic hydroxyl groups is 36. The molecule has 0 fully saturated rings. The third kappa shape index (κ3) is 22.9. The van der Waals surface area contributed by atoms with E-state index in [9.17, 15) is 183 Å². The molecule has 0 aromatic rings. The van der Waals surface area contributed by atoms with Crippen molar-refractivity contribution < 1.29 is 255 Å². The van der Waals surface area contributed by atoms with Gasteiger partial charge in [0, 0.05) is 19.3 Å². The van der Waals surface area contributed by atoms with Gasteiger partial charge >= 0.3 is 41.7 Å². The zero-order valence-corrected chi connectivity index (χ0v) is 56.9. The second kappa shape index (κ2) is 38.9. The van der Waals surface area contributed by atoms with Crippen molar-refractivity contribution in [2.24, 2.45) is 0 Å². The van der Waals surface area contributed by atoms with Crippen molar-refractivity contribution in [3.8, 4) is 0 Å². The van der Waals surface area contributed by atoms with Gasteiger partial charge in [-0.15, -0.1) is 0 Å². The summed E-state index contributed by atoms with van der Waals surface area (Å²) in [6.45, 7) is 6.20. The van der Waals surface area contributed by atoms with E-state index >= 15 is 0 Å². The molecule has 0 saturated carbocycles. The van der Waals surface area contributed by atoms with Crippen LogP contribution in [0.15, 0.2) is 0 Å². The molecule has 0 bridgehead atoms. The molecule has 0 rings (SSSR count). The average Bonchev–Trinajstić information content (AvgIpc) is 0.724. The summed E-state index contributed by atoms with van der Waals surface area (Å²) in [7, 11) is 0. The van der Waals surface area contributed by atoms with Crippen LogP contribution in [0.1, 0.15) is 213 Å². The first-order chi connectivity index (χ1) is 42.8. The SMILES string of the molecule is CCCCCCCCCCCC(O)(O)C(O)(O)C(O)(O)C(O)(O)C(O)(O)C(O)(O)C(=O)[O-].CCCCCCCCCCCC(O)(O)C(O)(O)C(O)(O)C(O)(O)C(O)(O)C(O)(O)C(=O)[O-].CCCCCCCCCCCC(O)(O)C(O)(O)C(O)(O)C(O)(O)C(O)(O)C(O)(O)C(=O)[O-].[Ce+3]. The molecule has 0 aliphatic heterocycles. The summed E-state index contributed by atoms with van der Waals surface area (Å²) in [5, 5.41) is 379. The van der Waals surface area contributed by atoms with Gasteiger partial charge in [-0.25, -0.2) is 0 Å². The van der Waals surface area contributed by atoms with Crippen molar-refractivity contribution in [3.05, 3.63) is 0 Å². The van der Waals surface area contributed by atoms with Crippen LogP contribution in [-0.2, 0) is 14.4 Å². The maximum Gasteiger partial charge on any atom is 3.00 e. The topological polar surface area (TPSA) is 849 Å². The van der Waals surface area contributed by atoms with E-state index in [-0.39, 0.29) is 61.0 Å². The number of carbonyl (C=O) groups excluding carboxylic acids is 3. The van der Waals surface area contributed by atoms with Gasteiger partial charge in [0.1, 0.15) is 17.9 Å². The molecule has 577 valence electrons. The van der Waals surface area contributed by atoms with Gasteiger partial charge < -0.3 is 214 Å².